The summed E-state index contributed by atoms with van der Waals surface area (Å²) in [5.41, 5.74) is 2.07. The zero-order valence-electron chi connectivity index (χ0n) is 9.77. The van der Waals surface area contributed by atoms with Gasteiger partial charge in [0, 0.05) is 23.3 Å². The Morgan fingerprint density at radius 3 is 2.47 bits per heavy atom. The van der Waals surface area contributed by atoms with E-state index < -0.39 is 0 Å². The molecule has 0 saturated heterocycles. The molecular formula is C13H10ClIN2O2. The number of benzene rings is 2. The topological polar surface area (TPSA) is 55.2 Å². The summed E-state index contributed by atoms with van der Waals surface area (Å²) >= 11 is 7.77. The molecule has 0 aliphatic rings. The van der Waals surface area contributed by atoms with Crippen molar-refractivity contribution in [1.29, 1.82) is 0 Å². The number of nitrogens with zero attached hydrogens (tertiary/aromatic N) is 1. The average molecular weight is 389 g/mol. The van der Waals surface area contributed by atoms with Crippen molar-refractivity contribution in [2.75, 3.05) is 5.32 Å². The molecule has 0 heterocycles. The summed E-state index contributed by atoms with van der Waals surface area (Å²) in [6.45, 7) is 0.644. The molecule has 0 aliphatic heterocycles. The molecule has 6 heteroatoms. The van der Waals surface area contributed by atoms with Crippen LogP contribution in [0.2, 0.25) is 5.02 Å². The molecule has 0 spiro atoms. The van der Waals surface area contributed by atoms with Gasteiger partial charge in [0.15, 0.2) is 0 Å². The molecule has 2 aromatic rings. The molecule has 98 valence electrons. The number of hydrogen-bond donors (Lipinski definition) is 1. The number of nitro benzene ring substituents is 1. The fourth-order valence-electron chi connectivity index (χ4n) is 1.57. The van der Waals surface area contributed by atoms with E-state index in [2.05, 4.69) is 5.32 Å². The third-order valence-electron chi connectivity index (χ3n) is 2.55. The maximum Gasteiger partial charge on any atom is 0.282 e. The van der Waals surface area contributed by atoms with Gasteiger partial charge in [0.25, 0.3) is 5.69 Å². The van der Waals surface area contributed by atoms with Crippen molar-refractivity contribution in [3.8, 4) is 0 Å². The van der Waals surface area contributed by atoms with E-state index in [0.717, 1.165) is 11.3 Å². The van der Waals surface area contributed by atoms with Crippen LogP contribution in [-0.4, -0.2) is 4.92 Å². The fraction of sp³-hybridized carbons (Fsp3) is 0.0769. The first kappa shape index (κ1) is 14.1. The van der Waals surface area contributed by atoms with Crippen LogP contribution in [0.25, 0.3) is 0 Å². The standard InChI is InChI=1S/C13H10ClIN2O2/c14-10-3-1-9(2-4-10)8-16-11-5-6-13(17(18)19)12(15)7-11/h1-7,16H,8H2. The molecular weight excluding hydrogens is 379 g/mol. The van der Waals surface area contributed by atoms with E-state index in [9.17, 15) is 10.1 Å². The van der Waals surface area contributed by atoms with Gasteiger partial charge in [-0.25, -0.2) is 0 Å². The predicted molar refractivity (Wildman–Crippen MR) is 84.6 cm³/mol. The molecule has 4 nitrogen and oxygen atoms in total. The van der Waals surface area contributed by atoms with Crippen LogP contribution in [0.15, 0.2) is 42.5 Å². The Balaban J connectivity index is 2.06. The van der Waals surface area contributed by atoms with Crippen LogP contribution in [0.1, 0.15) is 5.56 Å². The highest BCUT2D eigenvalue weighted by Crippen LogP contribution is 2.24. The smallest absolute Gasteiger partial charge is 0.282 e. The van der Waals surface area contributed by atoms with Crippen LogP contribution in [0.5, 0.6) is 0 Å². The Labute approximate surface area is 129 Å². The Morgan fingerprint density at radius 1 is 1.21 bits per heavy atom. The minimum Gasteiger partial charge on any atom is -0.381 e. The summed E-state index contributed by atoms with van der Waals surface area (Å²) in [6, 6.07) is 12.5. The molecule has 0 aromatic heterocycles. The van der Waals surface area contributed by atoms with Crippen LogP contribution in [0, 0.1) is 13.7 Å². The summed E-state index contributed by atoms with van der Waals surface area (Å²) in [5, 5.41) is 14.6. The molecule has 0 amide bonds. The number of rotatable bonds is 4. The van der Waals surface area contributed by atoms with Crippen LogP contribution in [0.3, 0.4) is 0 Å². The van der Waals surface area contributed by atoms with Crippen LogP contribution in [-0.2, 0) is 6.54 Å². The second-order valence-corrected chi connectivity index (χ2v) is 5.50. The molecule has 0 atom stereocenters. The summed E-state index contributed by atoms with van der Waals surface area (Å²) in [5.74, 6) is 0. The number of nitro groups is 1. The molecule has 2 aromatic carbocycles. The van der Waals surface area contributed by atoms with Gasteiger partial charge in [-0.05, 0) is 52.4 Å². The van der Waals surface area contributed by atoms with Crippen LogP contribution >= 0.6 is 34.2 Å². The number of nitrogens with one attached hydrogen (secondary N) is 1. The quantitative estimate of drug-likeness (QED) is 0.478. The Hall–Kier alpha value is -1.34. The summed E-state index contributed by atoms with van der Waals surface area (Å²) in [7, 11) is 0. The van der Waals surface area contributed by atoms with Crippen molar-refractivity contribution in [3.63, 3.8) is 0 Å². The first-order chi connectivity index (χ1) is 9.06. The zero-order chi connectivity index (χ0) is 13.8. The molecule has 19 heavy (non-hydrogen) atoms. The predicted octanol–water partition coefficient (Wildman–Crippen LogP) is 4.46. The third kappa shape index (κ3) is 3.81. The van der Waals surface area contributed by atoms with Crippen molar-refractivity contribution >= 4 is 45.6 Å². The Bertz CT molecular complexity index is 602. The van der Waals surface area contributed by atoms with Gasteiger partial charge in [0.1, 0.15) is 0 Å². The fourth-order valence-corrected chi connectivity index (χ4v) is 2.41. The van der Waals surface area contributed by atoms with Crippen LogP contribution in [0.4, 0.5) is 11.4 Å². The Morgan fingerprint density at radius 2 is 1.89 bits per heavy atom. The number of halogens is 2. The molecule has 0 radical (unpaired) electrons. The minimum absolute atomic E-state index is 0.123. The monoisotopic (exact) mass is 388 g/mol. The molecule has 1 N–H and O–H groups in total. The molecule has 2 rings (SSSR count). The van der Waals surface area contributed by atoms with Crippen LogP contribution < -0.4 is 5.32 Å². The Kier molecular flexibility index (Phi) is 4.60. The van der Waals surface area contributed by atoms with Gasteiger partial charge in [-0.15, -0.1) is 0 Å². The summed E-state index contributed by atoms with van der Waals surface area (Å²) in [4.78, 5) is 10.3. The normalized spacial score (nSPS) is 10.2. The van der Waals surface area contributed by atoms with Gasteiger partial charge in [0.2, 0.25) is 0 Å². The van der Waals surface area contributed by atoms with E-state index in [4.69, 9.17) is 11.6 Å². The van der Waals surface area contributed by atoms with E-state index >= 15 is 0 Å². The van der Waals surface area contributed by atoms with Gasteiger partial charge in [-0.3, -0.25) is 10.1 Å². The van der Waals surface area contributed by atoms with E-state index in [1.165, 1.54) is 6.07 Å². The maximum absolute atomic E-state index is 10.7. The van der Waals surface area contributed by atoms with E-state index in [-0.39, 0.29) is 10.6 Å². The van der Waals surface area contributed by atoms with Gasteiger partial charge >= 0.3 is 0 Å². The summed E-state index contributed by atoms with van der Waals surface area (Å²) in [6.07, 6.45) is 0. The highest BCUT2D eigenvalue weighted by atomic mass is 127. The van der Waals surface area contributed by atoms with Gasteiger partial charge in [0.05, 0.1) is 8.49 Å². The molecule has 0 bridgehead atoms. The molecule has 0 aliphatic carbocycles. The number of anilines is 1. The van der Waals surface area contributed by atoms with Gasteiger partial charge in [-0.2, -0.15) is 0 Å². The second-order valence-electron chi connectivity index (χ2n) is 3.90. The van der Waals surface area contributed by atoms with E-state index in [1.54, 1.807) is 12.1 Å². The molecule has 0 fully saturated rings. The van der Waals surface area contributed by atoms with Crippen molar-refractivity contribution in [2.45, 2.75) is 6.54 Å². The first-order valence-electron chi connectivity index (χ1n) is 5.48. The minimum atomic E-state index is -0.384. The van der Waals surface area contributed by atoms with Crippen molar-refractivity contribution in [3.05, 3.63) is 66.7 Å². The van der Waals surface area contributed by atoms with E-state index in [1.807, 2.05) is 46.9 Å². The van der Waals surface area contributed by atoms with Crippen molar-refractivity contribution < 1.29 is 4.92 Å². The van der Waals surface area contributed by atoms with E-state index in [0.29, 0.717) is 15.1 Å². The third-order valence-corrected chi connectivity index (χ3v) is 3.67. The highest BCUT2D eigenvalue weighted by Gasteiger charge is 2.11. The number of hydrogen-bond acceptors (Lipinski definition) is 3. The summed E-state index contributed by atoms with van der Waals surface area (Å²) < 4.78 is 0.615. The SMILES string of the molecule is O=[N+]([O-])c1ccc(NCc2ccc(Cl)cc2)cc1I. The lowest BCUT2D eigenvalue weighted by molar-refractivity contribution is -0.385. The van der Waals surface area contributed by atoms with Gasteiger partial charge in [-0.1, -0.05) is 23.7 Å². The van der Waals surface area contributed by atoms with Crippen molar-refractivity contribution in [2.24, 2.45) is 0 Å². The largest absolute Gasteiger partial charge is 0.381 e. The van der Waals surface area contributed by atoms with Gasteiger partial charge < -0.3 is 5.32 Å². The molecule has 0 saturated carbocycles. The molecule has 0 unspecified atom stereocenters. The van der Waals surface area contributed by atoms with Crippen molar-refractivity contribution in [1.82, 2.24) is 0 Å². The zero-order valence-corrected chi connectivity index (χ0v) is 12.7. The lowest BCUT2D eigenvalue weighted by atomic mass is 10.2. The highest BCUT2D eigenvalue weighted by molar-refractivity contribution is 14.1. The average Bonchev–Trinajstić information content (AvgIpc) is 2.37. The lowest BCUT2D eigenvalue weighted by Crippen LogP contribution is -2.00. The lowest BCUT2D eigenvalue weighted by Gasteiger charge is -2.07. The first-order valence-corrected chi connectivity index (χ1v) is 6.94. The maximum atomic E-state index is 10.7. The second kappa shape index (κ2) is 6.21.